The minimum Gasteiger partial charge on any atom is -0.396 e. The molecule has 1 amide bonds. The highest BCUT2D eigenvalue weighted by molar-refractivity contribution is 7.99. The first kappa shape index (κ1) is 13.8. The summed E-state index contributed by atoms with van der Waals surface area (Å²) in [5.41, 5.74) is 0. The molecule has 1 rings (SSSR count). The van der Waals surface area contributed by atoms with Crippen molar-refractivity contribution in [2.24, 2.45) is 0 Å². The highest BCUT2D eigenvalue weighted by Gasteiger charge is 2.19. The maximum absolute atomic E-state index is 11.7. The van der Waals surface area contributed by atoms with Gasteiger partial charge in [-0.05, 0) is 12.8 Å². The number of nitrogens with one attached hydrogen (secondary N) is 2. The molecule has 1 aliphatic rings. The Morgan fingerprint density at radius 1 is 1.38 bits per heavy atom. The molecule has 1 unspecified atom stereocenters. The van der Waals surface area contributed by atoms with Crippen LogP contribution in [0.15, 0.2) is 0 Å². The Morgan fingerprint density at radius 2 is 2.19 bits per heavy atom. The van der Waals surface area contributed by atoms with Gasteiger partial charge < -0.3 is 15.7 Å². The van der Waals surface area contributed by atoms with Crippen LogP contribution in [0.4, 0.5) is 0 Å². The summed E-state index contributed by atoms with van der Waals surface area (Å²) in [7, 11) is 0. The SMILES string of the molecule is O=C(NCCCCCCO)C1CSCCN1. The van der Waals surface area contributed by atoms with Crippen molar-refractivity contribution in [1.82, 2.24) is 10.6 Å². The summed E-state index contributed by atoms with van der Waals surface area (Å²) in [5.74, 6) is 2.12. The molecule has 0 radical (unpaired) electrons. The standard InChI is InChI=1S/C11H22N2O2S/c14-7-4-2-1-3-5-13-11(15)10-9-16-8-6-12-10/h10,12,14H,1-9H2,(H,13,15). The number of amides is 1. The summed E-state index contributed by atoms with van der Waals surface area (Å²) in [5, 5.41) is 14.8. The Bertz CT molecular complexity index is 196. The van der Waals surface area contributed by atoms with E-state index in [9.17, 15) is 4.79 Å². The second-order valence-corrected chi connectivity index (χ2v) is 5.16. The molecule has 0 bridgehead atoms. The predicted molar refractivity (Wildman–Crippen MR) is 67.7 cm³/mol. The van der Waals surface area contributed by atoms with Crippen molar-refractivity contribution in [3.05, 3.63) is 0 Å². The Labute approximate surface area is 102 Å². The summed E-state index contributed by atoms with van der Waals surface area (Å²) in [6, 6.07) is -0.00353. The summed E-state index contributed by atoms with van der Waals surface area (Å²) in [6.07, 6.45) is 4.00. The summed E-state index contributed by atoms with van der Waals surface area (Å²) >= 11 is 1.83. The number of hydrogen-bond donors (Lipinski definition) is 3. The number of hydrogen-bond acceptors (Lipinski definition) is 4. The minimum atomic E-state index is -0.00353. The Kier molecular flexibility index (Phi) is 7.63. The molecule has 0 aromatic rings. The van der Waals surface area contributed by atoms with Crippen LogP contribution >= 0.6 is 11.8 Å². The van der Waals surface area contributed by atoms with Gasteiger partial charge in [0.05, 0.1) is 6.04 Å². The van der Waals surface area contributed by atoms with Crippen molar-refractivity contribution in [2.45, 2.75) is 31.7 Å². The van der Waals surface area contributed by atoms with E-state index in [1.165, 1.54) is 0 Å². The number of thioether (sulfide) groups is 1. The van der Waals surface area contributed by atoms with Crippen molar-refractivity contribution in [2.75, 3.05) is 31.2 Å². The number of aliphatic hydroxyl groups is 1. The second kappa shape index (κ2) is 8.84. The smallest absolute Gasteiger partial charge is 0.237 e. The minimum absolute atomic E-state index is 0.00353. The van der Waals surface area contributed by atoms with Gasteiger partial charge in [0.25, 0.3) is 0 Å². The van der Waals surface area contributed by atoms with Crippen molar-refractivity contribution >= 4 is 17.7 Å². The molecule has 0 aromatic carbocycles. The van der Waals surface area contributed by atoms with Gasteiger partial charge in [-0.3, -0.25) is 4.79 Å². The van der Waals surface area contributed by atoms with Crippen LogP contribution in [0, 0.1) is 0 Å². The molecule has 1 atom stereocenters. The number of aliphatic hydroxyl groups excluding tert-OH is 1. The van der Waals surface area contributed by atoms with E-state index in [0.29, 0.717) is 0 Å². The molecule has 1 heterocycles. The second-order valence-electron chi connectivity index (χ2n) is 4.01. The first-order chi connectivity index (χ1) is 7.84. The van der Waals surface area contributed by atoms with Crippen molar-refractivity contribution in [3.63, 3.8) is 0 Å². The van der Waals surface area contributed by atoms with Crippen LogP contribution in [0.1, 0.15) is 25.7 Å². The van der Waals surface area contributed by atoms with E-state index in [2.05, 4.69) is 10.6 Å². The van der Waals surface area contributed by atoms with Crippen LogP contribution < -0.4 is 10.6 Å². The van der Waals surface area contributed by atoms with Crippen molar-refractivity contribution in [1.29, 1.82) is 0 Å². The van der Waals surface area contributed by atoms with Crippen LogP contribution in [0.5, 0.6) is 0 Å². The highest BCUT2D eigenvalue weighted by atomic mass is 32.2. The Hall–Kier alpha value is -0.260. The van der Waals surface area contributed by atoms with Gasteiger partial charge in [0, 0.05) is 31.2 Å². The molecule has 0 spiro atoms. The third-order valence-electron chi connectivity index (χ3n) is 2.62. The molecule has 1 saturated heterocycles. The van der Waals surface area contributed by atoms with Gasteiger partial charge in [0.2, 0.25) is 5.91 Å². The lowest BCUT2D eigenvalue weighted by atomic mass is 10.2. The van der Waals surface area contributed by atoms with Crippen LogP contribution in [-0.2, 0) is 4.79 Å². The van der Waals surface area contributed by atoms with Crippen LogP contribution in [0.3, 0.4) is 0 Å². The molecule has 0 saturated carbocycles. The van der Waals surface area contributed by atoms with Gasteiger partial charge in [0.15, 0.2) is 0 Å². The number of rotatable bonds is 7. The molecule has 94 valence electrons. The van der Waals surface area contributed by atoms with Crippen molar-refractivity contribution < 1.29 is 9.90 Å². The summed E-state index contributed by atoms with van der Waals surface area (Å²) in [4.78, 5) is 11.7. The van der Waals surface area contributed by atoms with Crippen LogP contribution in [-0.4, -0.2) is 48.3 Å². The van der Waals surface area contributed by atoms with Gasteiger partial charge in [-0.25, -0.2) is 0 Å². The van der Waals surface area contributed by atoms with Gasteiger partial charge >= 0.3 is 0 Å². The number of carbonyl (C=O) groups is 1. The van der Waals surface area contributed by atoms with E-state index in [-0.39, 0.29) is 18.6 Å². The first-order valence-electron chi connectivity index (χ1n) is 6.04. The van der Waals surface area contributed by atoms with E-state index in [0.717, 1.165) is 50.3 Å². The molecular weight excluding hydrogens is 224 g/mol. The van der Waals surface area contributed by atoms with E-state index in [1.807, 2.05) is 11.8 Å². The fourth-order valence-electron chi connectivity index (χ4n) is 1.66. The lowest BCUT2D eigenvalue weighted by Crippen LogP contribution is -2.49. The molecule has 16 heavy (non-hydrogen) atoms. The molecule has 0 aliphatic carbocycles. The summed E-state index contributed by atoms with van der Waals surface area (Å²) < 4.78 is 0. The van der Waals surface area contributed by atoms with Crippen molar-refractivity contribution in [3.8, 4) is 0 Å². The first-order valence-corrected chi connectivity index (χ1v) is 7.20. The fraction of sp³-hybridized carbons (Fsp3) is 0.909. The number of carbonyl (C=O) groups excluding carboxylic acids is 1. The Balaban J connectivity index is 1.97. The fourth-order valence-corrected chi connectivity index (χ4v) is 2.59. The normalized spacial score (nSPS) is 20.7. The molecular formula is C11H22N2O2S. The maximum atomic E-state index is 11.7. The number of unbranched alkanes of at least 4 members (excludes halogenated alkanes) is 3. The molecule has 4 nitrogen and oxygen atoms in total. The summed E-state index contributed by atoms with van der Waals surface area (Å²) in [6.45, 7) is 1.96. The van der Waals surface area contributed by atoms with Gasteiger partial charge in [0.1, 0.15) is 0 Å². The van der Waals surface area contributed by atoms with E-state index < -0.39 is 0 Å². The van der Waals surface area contributed by atoms with Gasteiger partial charge in [-0.15, -0.1) is 0 Å². The molecule has 3 N–H and O–H groups in total. The van der Waals surface area contributed by atoms with E-state index in [1.54, 1.807) is 0 Å². The topological polar surface area (TPSA) is 61.4 Å². The van der Waals surface area contributed by atoms with Crippen LogP contribution in [0.25, 0.3) is 0 Å². The average molecular weight is 246 g/mol. The molecule has 0 aromatic heterocycles. The van der Waals surface area contributed by atoms with Gasteiger partial charge in [-0.1, -0.05) is 12.8 Å². The highest BCUT2D eigenvalue weighted by Crippen LogP contribution is 2.07. The zero-order chi connectivity index (χ0) is 11.6. The van der Waals surface area contributed by atoms with E-state index >= 15 is 0 Å². The molecule has 1 fully saturated rings. The lowest BCUT2D eigenvalue weighted by Gasteiger charge is -2.22. The third kappa shape index (κ3) is 5.72. The van der Waals surface area contributed by atoms with Gasteiger partial charge in [-0.2, -0.15) is 11.8 Å². The zero-order valence-corrected chi connectivity index (χ0v) is 10.5. The largest absolute Gasteiger partial charge is 0.396 e. The quantitative estimate of drug-likeness (QED) is 0.568. The Morgan fingerprint density at radius 3 is 2.88 bits per heavy atom. The predicted octanol–water partition coefficient (Wildman–Crippen LogP) is 0.360. The molecule has 5 heteroatoms. The molecule has 1 aliphatic heterocycles. The average Bonchev–Trinajstić information content (AvgIpc) is 2.34. The monoisotopic (exact) mass is 246 g/mol. The van der Waals surface area contributed by atoms with Crippen LogP contribution in [0.2, 0.25) is 0 Å². The third-order valence-corrected chi connectivity index (χ3v) is 3.68. The maximum Gasteiger partial charge on any atom is 0.237 e. The zero-order valence-electron chi connectivity index (χ0n) is 9.71. The van der Waals surface area contributed by atoms with E-state index in [4.69, 9.17) is 5.11 Å². The lowest BCUT2D eigenvalue weighted by molar-refractivity contribution is -0.122.